The number of thioether (sulfide) groups is 2. The average molecular weight is 342 g/mol. The highest BCUT2D eigenvalue weighted by Gasteiger charge is 2.19. The van der Waals surface area contributed by atoms with Gasteiger partial charge in [-0.3, -0.25) is 14.9 Å². The van der Waals surface area contributed by atoms with Crippen LogP contribution in [0, 0.1) is 10.1 Å². The van der Waals surface area contributed by atoms with E-state index >= 15 is 0 Å². The predicted molar refractivity (Wildman–Crippen MR) is 86.0 cm³/mol. The minimum Gasteiger partial charge on any atom is -0.478 e. The highest BCUT2D eigenvalue weighted by molar-refractivity contribution is 8.06. The third kappa shape index (κ3) is 4.38. The molecule has 2 rings (SSSR count). The molecule has 1 amide bonds. The summed E-state index contributed by atoms with van der Waals surface area (Å²) in [4.78, 5) is 33.2. The van der Waals surface area contributed by atoms with E-state index in [0.717, 1.165) is 35.5 Å². The number of non-ortho nitro benzene ring substituents is 1. The summed E-state index contributed by atoms with van der Waals surface area (Å²) in [5.41, 5.74) is -0.699. The summed E-state index contributed by atoms with van der Waals surface area (Å²) < 4.78 is 0. The van der Waals surface area contributed by atoms with Crippen LogP contribution in [0.15, 0.2) is 18.2 Å². The van der Waals surface area contributed by atoms with Crippen molar-refractivity contribution in [2.45, 2.75) is 5.25 Å². The van der Waals surface area contributed by atoms with Gasteiger partial charge in [-0.25, -0.2) is 4.79 Å². The Balaban J connectivity index is 2.10. The van der Waals surface area contributed by atoms with Crippen LogP contribution in [-0.4, -0.2) is 51.0 Å². The minimum absolute atomic E-state index is 0.0138. The van der Waals surface area contributed by atoms with Crippen LogP contribution in [0.2, 0.25) is 0 Å². The number of hydrogen-bond acceptors (Lipinski definition) is 6. The number of aromatic carboxylic acids is 1. The molecule has 1 atom stereocenters. The number of carbonyl (C=O) groups excluding carboxylic acids is 1. The van der Waals surface area contributed by atoms with Gasteiger partial charge in [0.25, 0.3) is 11.6 Å². The number of nitro groups is 1. The highest BCUT2D eigenvalue weighted by Crippen LogP contribution is 2.23. The number of rotatable bonds is 5. The molecule has 0 radical (unpaired) electrons. The molecular formula is C13H14N2O5S2. The summed E-state index contributed by atoms with van der Waals surface area (Å²) in [7, 11) is 0. The summed E-state index contributed by atoms with van der Waals surface area (Å²) in [6, 6.07) is 3.17. The smallest absolute Gasteiger partial charge is 0.335 e. The maximum Gasteiger partial charge on any atom is 0.335 e. The zero-order valence-corrected chi connectivity index (χ0v) is 13.1. The van der Waals surface area contributed by atoms with Crippen molar-refractivity contribution in [1.29, 1.82) is 0 Å². The first-order valence-electron chi connectivity index (χ1n) is 6.47. The number of carboxylic acid groups (broad SMARTS) is 1. The normalized spacial score (nSPS) is 17.7. The van der Waals surface area contributed by atoms with Gasteiger partial charge < -0.3 is 10.4 Å². The van der Waals surface area contributed by atoms with Crippen molar-refractivity contribution < 1.29 is 19.6 Å². The third-order valence-electron chi connectivity index (χ3n) is 3.01. The van der Waals surface area contributed by atoms with E-state index in [1.54, 1.807) is 11.8 Å². The first-order valence-corrected chi connectivity index (χ1v) is 8.68. The Morgan fingerprint density at radius 1 is 1.32 bits per heavy atom. The number of amides is 1. The van der Waals surface area contributed by atoms with Gasteiger partial charge in [0.2, 0.25) is 0 Å². The fourth-order valence-corrected chi connectivity index (χ4v) is 4.55. The average Bonchev–Trinajstić information content (AvgIpc) is 2.53. The lowest BCUT2D eigenvalue weighted by Crippen LogP contribution is -2.33. The van der Waals surface area contributed by atoms with E-state index in [1.807, 2.05) is 11.8 Å². The van der Waals surface area contributed by atoms with Crippen LogP contribution < -0.4 is 5.32 Å². The van der Waals surface area contributed by atoms with Crippen molar-refractivity contribution in [3.8, 4) is 0 Å². The van der Waals surface area contributed by atoms with E-state index in [0.29, 0.717) is 11.8 Å². The molecule has 9 heteroatoms. The first-order chi connectivity index (χ1) is 10.5. The molecule has 2 N–H and O–H groups in total. The number of carboxylic acids is 1. The second-order valence-electron chi connectivity index (χ2n) is 4.61. The lowest BCUT2D eigenvalue weighted by Gasteiger charge is -2.21. The SMILES string of the molecule is O=C(O)c1cc(C(=O)NCC2CSCCS2)cc([N+](=O)[O-])c1. The lowest BCUT2D eigenvalue weighted by atomic mass is 10.1. The molecule has 1 fully saturated rings. The van der Waals surface area contributed by atoms with Gasteiger partial charge in [-0.1, -0.05) is 0 Å². The number of nitrogens with one attached hydrogen (secondary N) is 1. The molecule has 7 nitrogen and oxygen atoms in total. The molecule has 1 aliphatic rings. The number of nitro benzene ring substituents is 1. The van der Waals surface area contributed by atoms with Crippen molar-refractivity contribution in [3.05, 3.63) is 39.4 Å². The highest BCUT2D eigenvalue weighted by atomic mass is 32.2. The van der Waals surface area contributed by atoms with E-state index < -0.39 is 22.5 Å². The minimum atomic E-state index is -1.31. The summed E-state index contributed by atoms with van der Waals surface area (Å²) in [5, 5.41) is 22.8. The van der Waals surface area contributed by atoms with Crippen LogP contribution >= 0.6 is 23.5 Å². The summed E-state index contributed by atoms with van der Waals surface area (Å²) in [6.45, 7) is 0.460. The fraction of sp³-hybridized carbons (Fsp3) is 0.385. The van der Waals surface area contributed by atoms with Crippen molar-refractivity contribution in [2.75, 3.05) is 23.8 Å². The largest absolute Gasteiger partial charge is 0.478 e. The number of nitrogens with zero attached hydrogens (tertiary/aromatic N) is 1. The predicted octanol–water partition coefficient (Wildman–Crippen LogP) is 1.87. The van der Waals surface area contributed by atoms with E-state index in [9.17, 15) is 19.7 Å². The van der Waals surface area contributed by atoms with Crippen molar-refractivity contribution in [2.24, 2.45) is 0 Å². The molecule has 1 aliphatic heterocycles. The van der Waals surface area contributed by atoms with Gasteiger partial charge in [-0.15, -0.1) is 0 Å². The molecule has 1 aromatic rings. The molecule has 22 heavy (non-hydrogen) atoms. The molecule has 0 aromatic heterocycles. The second-order valence-corrected chi connectivity index (χ2v) is 7.17. The maximum absolute atomic E-state index is 12.1. The zero-order chi connectivity index (χ0) is 16.1. The summed E-state index contributed by atoms with van der Waals surface area (Å²) >= 11 is 3.60. The zero-order valence-electron chi connectivity index (χ0n) is 11.5. The molecule has 0 aliphatic carbocycles. The van der Waals surface area contributed by atoms with Gasteiger partial charge >= 0.3 is 5.97 Å². The maximum atomic E-state index is 12.1. The Morgan fingerprint density at radius 3 is 2.64 bits per heavy atom. The molecule has 1 unspecified atom stereocenters. The van der Waals surface area contributed by atoms with Gasteiger partial charge in [-0.05, 0) is 6.07 Å². The molecule has 118 valence electrons. The van der Waals surface area contributed by atoms with Gasteiger partial charge in [0.1, 0.15) is 0 Å². The van der Waals surface area contributed by atoms with Crippen molar-refractivity contribution >= 4 is 41.1 Å². The Kier molecular flexibility index (Phi) is 5.67. The molecule has 1 heterocycles. The van der Waals surface area contributed by atoms with E-state index in [1.165, 1.54) is 0 Å². The molecule has 0 saturated carbocycles. The second kappa shape index (κ2) is 7.50. The van der Waals surface area contributed by atoms with E-state index in [2.05, 4.69) is 5.32 Å². The summed E-state index contributed by atoms with van der Waals surface area (Å²) in [5.74, 6) is 1.27. The van der Waals surface area contributed by atoms with Crippen LogP contribution in [0.4, 0.5) is 5.69 Å². The summed E-state index contributed by atoms with van der Waals surface area (Å²) in [6.07, 6.45) is 0. The van der Waals surface area contributed by atoms with Crippen LogP contribution in [-0.2, 0) is 0 Å². The van der Waals surface area contributed by atoms with E-state index in [-0.39, 0.29) is 11.1 Å². The Bertz CT molecular complexity index is 570. The fourth-order valence-electron chi connectivity index (χ4n) is 1.93. The number of hydrogen-bond donors (Lipinski definition) is 2. The Hall–Kier alpha value is -1.74. The van der Waals surface area contributed by atoms with Crippen LogP contribution in [0.3, 0.4) is 0 Å². The number of carbonyl (C=O) groups is 2. The topological polar surface area (TPSA) is 110 Å². The third-order valence-corrected chi connectivity index (χ3v) is 5.86. The standard InChI is InChI=1S/C13H14N2O5S2/c16-12(14-6-11-7-21-1-2-22-11)8-3-9(13(17)18)5-10(4-8)15(19)20/h3-5,11H,1-2,6-7H2,(H,14,16)(H,17,18). The molecule has 0 bridgehead atoms. The van der Waals surface area contributed by atoms with Crippen molar-refractivity contribution in [3.63, 3.8) is 0 Å². The van der Waals surface area contributed by atoms with Gasteiger partial charge in [0.05, 0.1) is 10.5 Å². The monoisotopic (exact) mass is 342 g/mol. The first kappa shape index (κ1) is 16.6. The van der Waals surface area contributed by atoms with Gasteiger partial charge in [0, 0.05) is 46.7 Å². The van der Waals surface area contributed by atoms with Crippen LogP contribution in [0.5, 0.6) is 0 Å². The van der Waals surface area contributed by atoms with Gasteiger partial charge in [-0.2, -0.15) is 23.5 Å². The van der Waals surface area contributed by atoms with Crippen molar-refractivity contribution in [1.82, 2.24) is 5.32 Å². The van der Waals surface area contributed by atoms with E-state index in [4.69, 9.17) is 5.11 Å². The lowest BCUT2D eigenvalue weighted by molar-refractivity contribution is -0.384. The van der Waals surface area contributed by atoms with Gasteiger partial charge in [0.15, 0.2) is 0 Å². The quantitative estimate of drug-likeness (QED) is 0.621. The molecule has 1 saturated heterocycles. The molecular weight excluding hydrogens is 328 g/mol. The Morgan fingerprint density at radius 2 is 2.05 bits per heavy atom. The molecule has 0 spiro atoms. The van der Waals surface area contributed by atoms with Crippen LogP contribution in [0.25, 0.3) is 0 Å². The molecule has 1 aromatic carbocycles. The van der Waals surface area contributed by atoms with Crippen LogP contribution in [0.1, 0.15) is 20.7 Å². The number of benzene rings is 1. The Labute approximate surface area is 135 Å².